The molecule has 0 unspecified atom stereocenters. The number of rotatable bonds is 8. The summed E-state index contributed by atoms with van der Waals surface area (Å²) in [4.78, 5) is 2.34. The van der Waals surface area contributed by atoms with Crippen LogP contribution in [0, 0.1) is 5.41 Å². The lowest BCUT2D eigenvalue weighted by atomic mass is 10.2. The van der Waals surface area contributed by atoms with E-state index in [1.807, 2.05) is 0 Å². The van der Waals surface area contributed by atoms with Crippen molar-refractivity contribution in [1.29, 1.82) is 5.41 Å². The lowest BCUT2D eigenvalue weighted by Crippen LogP contribution is -2.30. The van der Waals surface area contributed by atoms with Crippen LogP contribution in [0.2, 0.25) is 0 Å². The third kappa shape index (κ3) is 6.52. The van der Waals surface area contributed by atoms with Crippen LogP contribution in [0.1, 0.15) is 33.1 Å². The van der Waals surface area contributed by atoms with Gasteiger partial charge in [-0.1, -0.05) is 19.9 Å². The molecule has 0 aliphatic carbocycles. The molecule has 0 bridgehead atoms. The minimum atomic E-state index is 0.726. The van der Waals surface area contributed by atoms with Gasteiger partial charge in [-0.25, -0.2) is 0 Å². The SMILES string of the molecule is C=CCC(=N)CN(CCC)CCC. The molecule has 76 valence electrons. The van der Waals surface area contributed by atoms with Crippen molar-refractivity contribution in [3.8, 4) is 0 Å². The van der Waals surface area contributed by atoms with Gasteiger partial charge in [0.05, 0.1) is 0 Å². The number of nitrogens with one attached hydrogen (secondary N) is 1. The maximum atomic E-state index is 7.66. The van der Waals surface area contributed by atoms with E-state index < -0.39 is 0 Å². The van der Waals surface area contributed by atoms with Crippen LogP contribution in [0.4, 0.5) is 0 Å². The molecule has 0 atom stereocenters. The van der Waals surface area contributed by atoms with Gasteiger partial charge in [-0.3, -0.25) is 4.90 Å². The zero-order chi connectivity index (χ0) is 10.1. The first kappa shape index (κ1) is 12.4. The summed E-state index contributed by atoms with van der Waals surface area (Å²) >= 11 is 0. The van der Waals surface area contributed by atoms with E-state index in [0.717, 1.165) is 31.8 Å². The topological polar surface area (TPSA) is 27.1 Å². The molecule has 1 N–H and O–H groups in total. The molecule has 0 saturated carbocycles. The molecule has 0 spiro atoms. The van der Waals surface area contributed by atoms with Crippen molar-refractivity contribution in [3.63, 3.8) is 0 Å². The van der Waals surface area contributed by atoms with Crippen molar-refractivity contribution in [2.24, 2.45) is 0 Å². The summed E-state index contributed by atoms with van der Waals surface area (Å²) < 4.78 is 0. The van der Waals surface area contributed by atoms with Crippen molar-refractivity contribution in [2.45, 2.75) is 33.1 Å². The van der Waals surface area contributed by atoms with Gasteiger partial charge in [-0.05, 0) is 25.9 Å². The Labute approximate surface area is 82.1 Å². The first-order valence-electron chi connectivity index (χ1n) is 5.14. The van der Waals surface area contributed by atoms with Crippen LogP contribution in [0.3, 0.4) is 0 Å². The van der Waals surface area contributed by atoms with Crippen LogP contribution in [0.25, 0.3) is 0 Å². The molecule has 0 amide bonds. The number of hydrogen-bond acceptors (Lipinski definition) is 2. The second kappa shape index (κ2) is 7.99. The minimum Gasteiger partial charge on any atom is -0.308 e. The van der Waals surface area contributed by atoms with Crippen LogP contribution < -0.4 is 0 Å². The van der Waals surface area contributed by atoms with Crippen molar-refractivity contribution < 1.29 is 0 Å². The highest BCUT2D eigenvalue weighted by atomic mass is 15.1. The van der Waals surface area contributed by atoms with Crippen molar-refractivity contribution in [1.82, 2.24) is 4.90 Å². The maximum Gasteiger partial charge on any atom is 0.0363 e. The predicted molar refractivity (Wildman–Crippen MR) is 59.6 cm³/mol. The summed E-state index contributed by atoms with van der Waals surface area (Å²) in [6.07, 6.45) is 4.87. The van der Waals surface area contributed by atoms with Gasteiger partial charge < -0.3 is 5.41 Å². The highest BCUT2D eigenvalue weighted by molar-refractivity contribution is 5.84. The molecule has 0 rings (SSSR count). The molecule has 2 heteroatoms. The Morgan fingerprint density at radius 2 is 1.85 bits per heavy atom. The van der Waals surface area contributed by atoms with Crippen LogP contribution in [-0.4, -0.2) is 30.2 Å². The Morgan fingerprint density at radius 3 is 2.23 bits per heavy atom. The van der Waals surface area contributed by atoms with Crippen molar-refractivity contribution >= 4 is 5.71 Å². The fourth-order valence-corrected chi connectivity index (χ4v) is 1.41. The Hall–Kier alpha value is -0.630. The Bertz CT molecular complexity index is 146. The van der Waals surface area contributed by atoms with Crippen molar-refractivity contribution in [2.75, 3.05) is 19.6 Å². The summed E-state index contributed by atoms with van der Waals surface area (Å²) in [5.74, 6) is 0. The molecular formula is C11H22N2. The molecule has 0 aliphatic rings. The molecular weight excluding hydrogens is 160 g/mol. The highest BCUT2D eigenvalue weighted by Crippen LogP contribution is 1.96. The van der Waals surface area contributed by atoms with Gasteiger partial charge >= 0.3 is 0 Å². The summed E-state index contributed by atoms with van der Waals surface area (Å²) in [6, 6.07) is 0. The summed E-state index contributed by atoms with van der Waals surface area (Å²) in [6.45, 7) is 11.0. The van der Waals surface area contributed by atoms with Gasteiger partial charge in [0.25, 0.3) is 0 Å². The molecule has 0 saturated heterocycles. The highest BCUT2D eigenvalue weighted by Gasteiger charge is 2.04. The van der Waals surface area contributed by atoms with Crippen LogP contribution in [-0.2, 0) is 0 Å². The average molecular weight is 182 g/mol. The second-order valence-corrected chi connectivity index (χ2v) is 3.37. The molecule has 0 aromatic carbocycles. The number of nitrogens with zero attached hydrogens (tertiary/aromatic N) is 1. The zero-order valence-electron chi connectivity index (χ0n) is 8.97. The Balaban J connectivity index is 3.78. The fraction of sp³-hybridized carbons (Fsp3) is 0.727. The van der Waals surface area contributed by atoms with Gasteiger partial charge in [0.2, 0.25) is 0 Å². The molecule has 0 fully saturated rings. The predicted octanol–water partition coefficient (Wildman–Crippen LogP) is 2.70. The van der Waals surface area contributed by atoms with E-state index in [2.05, 4.69) is 25.3 Å². The summed E-state index contributed by atoms with van der Waals surface area (Å²) in [5.41, 5.74) is 0.775. The largest absolute Gasteiger partial charge is 0.308 e. The Morgan fingerprint density at radius 1 is 1.31 bits per heavy atom. The van der Waals surface area contributed by atoms with Crippen LogP contribution in [0.15, 0.2) is 12.7 Å². The normalized spacial score (nSPS) is 10.4. The maximum absolute atomic E-state index is 7.66. The molecule has 0 aliphatic heterocycles. The molecule has 0 aromatic heterocycles. The van der Waals surface area contributed by atoms with E-state index in [4.69, 9.17) is 5.41 Å². The van der Waals surface area contributed by atoms with Gasteiger partial charge in [0, 0.05) is 18.7 Å². The minimum absolute atomic E-state index is 0.726. The third-order valence-electron chi connectivity index (χ3n) is 1.88. The van der Waals surface area contributed by atoms with E-state index in [-0.39, 0.29) is 0 Å². The van der Waals surface area contributed by atoms with E-state index in [1.54, 1.807) is 6.08 Å². The van der Waals surface area contributed by atoms with Crippen LogP contribution in [0.5, 0.6) is 0 Å². The van der Waals surface area contributed by atoms with Crippen molar-refractivity contribution in [3.05, 3.63) is 12.7 Å². The van der Waals surface area contributed by atoms with Gasteiger partial charge in [-0.15, -0.1) is 6.58 Å². The number of allylic oxidation sites excluding steroid dienone is 1. The monoisotopic (exact) mass is 182 g/mol. The molecule has 0 aromatic rings. The van der Waals surface area contributed by atoms with E-state index in [9.17, 15) is 0 Å². The summed E-state index contributed by atoms with van der Waals surface area (Å²) in [5, 5.41) is 7.66. The average Bonchev–Trinajstić information content (AvgIpc) is 2.05. The van der Waals surface area contributed by atoms with Crippen LogP contribution >= 0.6 is 0 Å². The zero-order valence-corrected chi connectivity index (χ0v) is 8.97. The Kier molecular flexibility index (Phi) is 7.60. The van der Waals surface area contributed by atoms with E-state index in [0.29, 0.717) is 0 Å². The lowest BCUT2D eigenvalue weighted by molar-refractivity contribution is 0.311. The van der Waals surface area contributed by atoms with E-state index >= 15 is 0 Å². The van der Waals surface area contributed by atoms with Gasteiger partial charge in [-0.2, -0.15) is 0 Å². The van der Waals surface area contributed by atoms with E-state index in [1.165, 1.54) is 12.8 Å². The third-order valence-corrected chi connectivity index (χ3v) is 1.88. The summed E-state index contributed by atoms with van der Waals surface area (Å²) in [7, 11) is 0. The standard InChI is InChI=1S/C11H22N2/c1-4-7-11(12)10-13(8-5-2)9-6-3/h4,12H,1,5-10H2,2-3H3. The quantitative estimate of drug-likeness (QED) is 0.453. The fourth-order valence-electron chi connectivity index (χ4n) is 1.41. The first-order chi connectivity index (χ1) is 6.24. The first-order valence-corrected chi connectivity index (χ1v) is 5.14. The smallest absolute Gasteiger partial charge is 0.0363 e. The molecule has 0 radical (unpaired) electrons. The molecule has 13 heavy (non-hydrogen) atoms. The van der Waals surface area contributed by atoms with Gasteiger partial charge in [0.1, 0.15) is 0 Å². The van der Waals surface area contributed by atoms with Gasteiger partial charge in [0.15, 0.2) is 0 Å². The number of hydrogen-bond donors (Lipinski definition) is 1. The second-order valence-electron chi connectivity index (χ2n) is 3.37. The lowest BCUT2D eigenvalue weighted by Gasteiger charge is -2.20. The molecule has 2 nitrogen and oxygen atoms in total. The molecule has 0 heterocycles.